The maximum Gasteiger partial charge on any atom is 0.0717 e. The van der Waals surface area contributed by atoms with Crippen LogP contribution in [-0.2, 0) is 11.3 Å². The van der Waals surface area contributed by atoms with Gasteiger partial charge in [-0.25, -0.2) is 0 Å². The van der Waals surface area contributed by atoms with Crippen LogP contribution in [0.5, 0.6) is 0 Å². The molecule has 78 valence electrons. The van der Waals surface area contributed by atoms with Crippen LogP contribution in [0, 0.1) is 5.92 Å². The number of alkyl halides is 1. The Morgan fingerprint density at radius 1 is 1.29 bits per heavy atom. The van der Waals surface area contributed by atoms with E-state index in [0.29, 0.717) is 5.92 Å². The van der Waals surface area contributed by atoms with E-state index in [1.807, 2.05) is 18.2 Å². The van der Waals surface area contributed by atoms with E-state index in [9.17, 15) is 0 Å². The summed E-state index contributed by atoms with van der Waals surface area (Å²) >= 11 is 2.42. The van der Waals surface area contributed by atoms with Crippen molar-refractivity contribution in [3.63, 3.8) is 0 Å². The van der Waals surface area contributed by atoms with Crippen molar-refractivity contribution in [1.29, 1.82) is 0 Å². The van der Waals surface area contributed by atoms with Crippen molar-refractivity contribution in [2.24, 2.45) is 5.92 Å². The van der Waals surface area contributed by atoms with Crippen LogP contribution in [0.2, 0.25) is 0 Å². The molecule has 0 fully saturated rings. The third kappa shape index (κ3) is 4.42. The van der Waals surface area contributed by atoms with Gasteiger partial charge in [-0.05, 0) is 11.5 Å². The molecule has 1 nitrogen and oxygen atoms in total. The molecule has 14 heavy (non-hydrogen) atoms. The van der Waals surface area contributed by atoms with Crippen molar-refractivity contribution in [2.45, 2.75) is 20.0 Å². The van der Waals surface area contributed by atoms with Gasteiger partial charge in [0.1, 0.15) is 0 Å². The van der Waals surface area contributed by atoms with Crippen molar-refractivity contribution >= 4 is 22.6 Å². The molecule has 0 amide bonds. The predicted molar refractivity (Wildman–Crippen MR) is 68.8 cm³/mol. The van der Waals surface area contributed by atoms with E-state index in [1.165, 1.54) is 16.4 Å². The normalized spacial score (nSPS) is 12.7. The van der Waals surface area contributed by atoms with Crippen molar-refractivity contribution in [3.8, 4) is 0 Å². The first-order valence-corrected chi connectivity index (χ1v) is 6.57. The molecule has 1 aromatic carbocycles. The third-order valence-electron chi connectivity index (χ3n) is 2.26. The molecule has 0 aromatic heterocycles. The third-order valence-corrected chi connectivity index (χ3v) is 3.51. The summed E-state index contributed by atoms with van der Waals surface area (Å²) in [4.78, 5) is 0. The van der Waals surface area contributed by atoms with Crippen LogP contribution in [0.1, 0.15) is 18.9 Å². The summed E-state index contributed by atoms with van der Waals surface area (Å²) in [7, 11) is 0. The van der Waals surface area contributed by atoms with Crippen LogP contribution in [0.3, 0.4) is 0 Å². The summed E-state index contributed by atoms with van der Waals surface area (Å²) < 4.78 is 6.84. The summed E-state index contributed by atoms with van der Waals surface area (Å²) in [5, 5.41) is 0. The van der Waals surface area contributed by atoms with Gasteiger partial charge in [0.25, 0.3) is 0 Å². The summed E-state index contributed by atoms with van der Waals surface area (Å²) in [6.07, 6.45) is 1.21. The molecule has 0 radical (unpaired) electrons. The molecular weight excluding hydrogens is 287 g/mol. The molecule has 1 rings (SSSR count). The Morgan fingerprint density at radius 3 is 2.57 bits per heavy atom. The predicted octanol–water partition coefficient (Wildman–Crippen LogP) is 3.66. The molecule has 0 aliphatic heterocycles. The lowest BCUT2D eigenvalue weighted by Crippen LogP contribution is -2.09. The molecule has 0 aliphatic rings. The fraction of sp³-hybridized carbons (Fsp3) is 0.500. The fourth-order valence-electron chi connectivity index (χ4n) is 1.19. The van der Waals surface area contributed by atoms with Crippen LogP contribution in [0.4, 0.5) is 0 Å². The first-order chi connectivity index (χ1) is 6.86. The Kier molecular flexibility index (Phi) is 6.19. The summed E-state index contributed by atoms with van der Waals surface area (Å²) in [5.74, 6) is 0.708. The SMILES string of the molecule is CCC(CI)COCc1ccccc1. The standard InChI is InChI=1S/C12H17IO/c1-2-11(8-13)9-14-10-12-6-4-3-5-7-12/h3-7,11H,2,8-10H2,1H3. The highest BCUT2D eigenvalue weighted by Crippen LogP contribution is 2.09. The Bertz CT molecular complexity index is 231. The highest BCUT2D eigenvalue weighted by atomic mass is 127. The molecular formula is C12H17IO. The Labute approximate surface area is 100.0 Å². The molecule has 0 saturated carbocycles. The quantitative estimate of drug-likeness (QED) is 0.575. The summed E-state index contributed by atoms with van der Waals surface area (Å²) in [6, 6.07) is 10.3. The number of halogens is 1. The van der Waals surface area contributed by atoms with E-state index in [1.54, 1.807) is 0 Å². The Balaban J connectivity index is 2.21. The molecule has 1 unspecified atom stereocenters. The minimum Gasteiger partial charge on any atom is -0.376 e. The largest absolute Gasteiger partial charge is 0.376 e. The van der Waals surface area contributed by atoms with Gasteiger partial charge in [0.15, 0.2) is 0 Å². The summed E-state index contributed by atoms with van der Waals surface area (Å²) in [5.41, 5.74) is 1.26. The lowest BCUT2D eigenvalue weighted by atomic mass is 10.1. The molecule has 0 N–H and O–H groups in total. The zero-order valence-corrected chi connectivity index (χ0v) is 10.7. The van der Waals surface area contributed by atoms with E-state index in [0.717, 1.165) is 13.2 Å². The van der Waals surface area contributed by atoms with Crippen LogP contribution < -0.4 is 0 Å². The van der Waals surface area contributed by atoms with Crippen molar-refractivity contribution in [1.82, 2.24) is 0 Å². The Morgan fingerprint density at radius 2 is 2.00 bits per heavy atom. The van der Waals surface area contributed by atoms with Gasteiger partial charge in [-0.3, -0.25) is 0 Å². The summed E-state index contributed by atoms with van der Waals surface area (Å²) in [6.45, 7) is 3.84. The lowest BCUT2D eigenvalue weighted by Gasteiger charge is -2.11. The second kappa shape index (κ2) is 7.23. The van der Waals surface area contributed by atoms with Crippen LogP contribution in [0.25, 0.3) is 0 Å². The van der Waals surface area contributed by atoms with Gasteiger partial charge >= 0.3 is 0 Å². The average molecular weight is 304 g/mol. The average Bonchev–Trinajstić information content (AvgIpc) is 2.26. The molecule has 0 heterocycles. The number of rotatable bonds is 6. The van der Waals surface area contributed by atoms with E-state index in [2.05, 4.69) is 41.6 Å². The second-order valence-corrected chi connectivity index (χ2v) is 4.31. The van der Waals surface area contributed by atoms with Gasteiger partial charge in [-0.15, -0.1) is 0 Å². The fourth-order valence-corrected chi connectivity index (χ4v) is 2.07. The van der Waals surface area contributed by atoms with Gasteiger partial charge in [0.05, 0.1) is 13.2 Å². The molecule has 0 aliphatic carbocycles. The molecule has 0 bridgehead atoms. The van der Waals surface area contributed by atoms with Crippen molar-refractivity contribution in [3.05, 3.63) is 35.9 Å². The van der Waals surface area contributed by atoms with Crippen LogP contribution >= 0.6 is 22.6 Å². The number of hydrogen-bond donors (Lipinski definition) is 0. The highest BCUT2D eigenvalue weighted by molar-refractivity contribution is 14.1. The molecule has 1 atom stereocenters. The maximum atomic E-state index is 5.66. The van der Waals surface area contributed by atoms with E-state index >= 15 is 0 Å². The highest BCUT2D eigenvalue weighted by Gasteiger charge is 2.03. The second-order valence-electron chi connectivity index (χ2n) is 3.43. The van der Waals surface area contributed by atoms with Gasteiger partial charge in [-0.2, -0.15) is 0 Å². The number of ether oxygens (including phenoxy) is 1. The first kappa shape index (κ1) is 12.0. The number of hydrogen-bond acceptors (Lipinski definition) is 1. The van der Waals surface area contributed by atoms with E-state index in [4.69, 9.17) is 4.74 Å². The minimum absolute atomic E-state index is 0.708. The zero-order valence-electron chi connectivity index (χ0n) is 8.58. The van der Waals surface area contributed by atoms with Crippen LogP contribution in [-0.4, -0.2) is 11.0 Å². The zero-order chi connectivity index (χ0) is 10.2. The molecule has 0 spiro atoms. The molecule has 2 heteroatoms. The van der Waals surface area contributed by atoms with Gasteiger partial charge in [0.2, 0.25) is 0 Å². The van der Waals surface area contributed by atoms with E-state index < -0.39 is 0 Å². The van der Waals surface area contributed by atoms with Crippen molar-refractivity contribution in [2.75, 3.05) is 11.0 Å². The number of benzene rings is 1. The molecule has 0 saturated heterocycles. The van der Waals surface area contributed by atoms with Crippen molar-refractivity contribution < 1.29 is 4.74 Å². The van der Waals surface area contributed by atoms with E-state index in [-0.39, 0.29) is 0 Å². The lowest BCUT2D eigenvalue weighted by molar-refractivity contribution is 0.0931. The molecule has 1 aromatic rings. The maximum absolute atomic E-state index is 5.66. The monoisotopic (exact) mass is 304 g/mol. The van der Waals surface area contributed by atoms with Crippen LogP contribution in [0.15, 0.2) is 30.3 Å². The van der Waals surface area contributed by atoms with Gasteiger partial charge < -0.3 is 4.74 Å². The minimum atomic E-state index is 0.708. The Hall–Kier alpha value is -0.0900. The first-order valence-electron chi connectivity index (χ1n) is 5.04. The topological polar surface area (TPSA) is 9.23 Å². The smallest absolute Gasteiger partial charge is 0.0717 e. The van der Waals surface area contributed by atoms with Gasteiger partial charge in [0, 0.05) is 4.43 Å². The van der Waals surface area contributed by atoms with Gasteiger partial charge in [-0.1, -0.05) is 66.3 Å².